The highest BCUT2D eigenvalue weighted by Crippen LogP contribution is 2.28. The van der Waals surface area contributed by atoms with E-state index in [0.29, 0.717) is 0 Å². The number of thioether (sulfide) groups is 1. The largest absolute Gasteiger partial charge is 0.379 e. The first-order valence-corrected chi connectivity index (χ1v) is 9.02. The van der Waals surface area contributed by atoms with Gasteiger partial charge in [0.05, 0.1) is 25.8 Å². The van der Waals surface area contributed by atoms with Gasteiger partial charge in [-0.3, -0.25) is 14.4 Å². The van der Waals surface area contributed by atoms with Crippen LogP contribution in [0, 0.1) is 0 Å². The highest BCUT2D eigenvalue weighted by Gasteiger charge is 2.22. The summed E-state index contributed by atoms with van der Waals surface area (Å²) in [5.41, 5.74) is 1.13. The molecule has 23 heavy (non-hydrogen) atoms. The smallest absolute Gasteiger partial charge is 0.193 e. The number of fused-ring (bicyclic) bond motifs is 1. The molecule has 3 heterocycles. The quantitative estimate of drug-likeness (QED) is 0.848. The summed E-state index contributed by atoms with van der Waals surface area (Å²) in [5.74, 6) is 1.95. The second kappa shape index (κ2) is 7.00. The minimum absolute atomic E-state index is 0.864. The number of nitrogens with zero attached hydrogens (tertiary/aromatic N) is 5. The predicted octanol–water partition coefficient (Wildman–Crippen LogP) is 1.60. The van der Waals surface area contributed by atoms with Crippen molar-refractivity contribution in [2.24, 2.45) is 0 Å². The Morgan fingerprint density at radius 1 is 1.00 bits per heavy atom. The van der Waals surface area contributed by atoms with Gasteiger partial charge in [-0.2, -0.15) is 0 Å². The van der Waals surface area contributed by atoms with Gasteiger partial charge in [0.1, 0.15) is 0 Å². The number of rotatable bonds is 4. The van der Waals surface area contributed by atoms with Crippen LogP contribution >= 0.6 is 11.8 Å². The zero-order valence-corrected chi connectivity index (χ0v) is 13.9. The molecule has 0 atom stereocenters. The summed E-state index contributed by atoms with van der Waals surface area (Å²) in [5, 5.41) is 9.75. The fourth-order valence-electron chi connectivity index (χ4n) is 2.96. The van der Waals surface area contributed by atoms with Crippen molar-refractivity contribution in [1.82, 2.24) is 24.6 Å². The Morgan fingerprint density at radius 3 is 2.61 bits per heavy atom. The number of hydrogen-bond acceptors (Lipinski definition) is 6. The summed E-state index contributed by atoms with van der Waals surface area (Å²) in [7, 11) is 0. The molecule has 0 bridgehead atoms. The van der Waals surface area contributed by atoms with Crippen molar-refractivity contribution >= 4 is 11.8 Å². The van der Waals surface area contributed by atoms with E-state index < -0.39 is 0 Å². The van der Waals surface area contributed by atoms with Crippen molar-refractivity contribution in [2.45, 2.75) is 11.8 Å². The van der Waals surface area contributed by atoms with Crippen LogP contribution in [0.15, 0.2) is 35.5 Å². The van der Waals surface area contributed by atoms with Crippen LogP contribution in [-0.4, -0.2) is 69.8 Å². The van der Waals surface area contributed by atoms with E-state index in [-0.39, 0.29) is 0 Å². The Hall–Kier alpha value is -1.41. The van der Waals surface area contributed by atoms with Gasteiger partial charge in [0, 0.05) is 31.7 Å². The van der Waals surface area contributed by atoms with Crippen LogP contribution in [0.3, 0.4) is 0 Å². The molecule has 0 amide bonds. The van der Waals surface area contributed by atoms with Gasteiger partial charge < -0.3 is 4.74 Å². The lowest BCUT2D eigenvalue weighted by Crippen LogP contribution is -2.42. The molecule has 1 aromatic heterocycles. The molecule has 0 spiro atoms. The van der Waals surface area contributed by atoms with Crippen LogP contribution in [0.1, 0.15) is 0 Å². The Bertz CT molecular complexity index is 641. The van der Waals surface area contributed by atoms with E-state index in [1.807, 2.05) is 18.2 Å². The lowest BCUT2D eigenvalue weighted by atomic mass is 10.2. The van der Waals surface area contributed by atoms with Gasteiger partial charge in [-0.1, -0.05) is 42.1 Å². The summed E-state index contributed by atoms with van der Waals surface area (Å²) >= 11 is 1.77. The molecular weight excluding hydrogens is 310 g/mol. The van der Waals surface area contributed by atoms with E-state index in [1.165, 1.54) is 0 Å². The molecule has 0 saturated carbocycles. The van der Waals surface area contributed by atoms with Crippen LogP contribution in [0.25, 0.3) is 11.4 Å². The molecule has 1 aromatic carbocycles. The van der Waals surface area contributed by atoms with Crippen molar-refractivity contribution in [1.29, 1.82) is 0 Å². The van der Waals surface area contributed by atoms with Crippen molar-refractivity contribution in [3.8, 4) is 11.4 Å². The van der Waals surface area contributed by atoms with E-state index in [2.05, 4.69) is 36.7 Å². The van der Waals surface area contributed by atoms with Crippen molar-refractivity contribution in [2.75, 3.05) is 45.3 Å². The van der Waals surface area contributed by atoms with Crippen LogP contribution in [0.2, 0.25) is 0 Å². The molecule has 2 aliphatic heterocycles. The minimum Gasteiger partial charge on any atom is -0.379 e. The van der Waals surface area contributed by atoms with E-state index in [0.717, 1.165) is 68.5 Å². The van der Waals surface area contributed by atoms with Gasteiger partial charge in [0.2, 0.25) is 0 Å². The molecule has 0 N–H and O–H groups in total. The van der Waals surface area contributed by atoms with E-state index >= 15 is 0 Å². The average molecular weight is 331 g/mol. The molecule has 4 rings (SSSR count). The van der Waals surface area contributed by atoms with Crippen molar-refractivity contribution in [3.05, 3.63) is 30.3 Å². The summed E-state index contributed by atoms with van der Waals surface area (Å²) in [6, 6.07) is 10.3. The first-order valence-electron chi connectivity index (χ1n) is 8.04. The Labute approximate surface area is 140 Å². The molecule has 7 heteroatoms. The van der Waals surface area contributed by atoms with E-state index in [1.54, 1.807) is 11.8 Å². The third kappa shape index (κ3) is 3.42. The van der Waals surface area contributed by atoms with Crippen molar-refractivity contribution < 1.29 is 4.74 Å². The Balaban J connectivity index is 1.43. The van der Waals surface area contributed by atoms with Crippen LogP contribution < -0.4 is 0 Å². The highest BCUT2D eigenvalue weighted by molar-refractivity contribution is 7.99. The number of benzene rings is 1. The van der Waals surface area contributed by atoms with E-state index in [9.17, 15) is 0 Å². The number of ether oxygens (including phenoxy) is 1. The third-order valence-corrected chi connectivity index (χ3v) is 5.36. The standard InChI is InChI=1S/C16H21N5OS/c1-2-4-14(5-3-1)15-17-18-16-21(15)12-20(13-23-16)7-6-19-8-10-22-11-9-19/h1-5H,6-13H2. The number of morpholine rings is 1. The maximum atomic E-state index is 5.41. The molecule has 122 valence electrons. The number of hydrogen-bond donors (Lipinski definition) is 0. The summed E-state index contributed by atoms with van der Waals surface area (Å²) in [6.45, 7) is 6.86. The maximum absolute atomic E-state index is 5.41. The molecule has 2 aliphatic rings. The van der Waals surface area contributed by atoms with Crippen LogP contribution in [0.5, 0.6) is 0 Å². The minimum atomic E-state index is 0.864. The number of aromatic nitrogens is 3. The fraction of sp³-hybridized carbons (Fsp3) is 0.500. The monoisotopic (exact) mass is 331 g/mol. The summed E-state index contributed by atoms with van der Waals surface area (Å²) in [6.07, 6.45) is 0. The van der Waals surface area contributed by atoms with Gasteiger partial charge >= 0.3 is 0 Å². The lowest BCUT2D eigenvalue weighted by molar-refractivity contribution is 0.0325. The van der Waals surface area contributed by atoms with Gasteiger partial charge in [0.25, 0.3) is 0 Å². The summed E-state index contributed by atoms with van der Waals surface area (Å²) < 4.78 is 7.64. The maximum Gasteiger partial charge on any atom is 0.193 e. The predicted molar refractivity (Wildman–Crippen MR) is 90.1 cm³/mol. The van der Waals surface area contributed by atoms with Crippen molar-refractivity contribution in [3.63, 3.8) is 0 Å². The topological polar surface area (TPSA) is 46.4 Å². The zero-order chi connectivity index (χ0) is 15.5. The molecule has 1 fully saturated rings. The Kier molecular flexibility index (Phi) is 4.61. The normalized spacial score (nSPS) is 19.7. The molecule has 6 nitrogen and oxygen atoms in total. The third-order valence-electron chi connectivity index (χ3n) is 4.30. The molecule has 0 aliphatic carbocycles. The lowest BCUT2D eigenvalue weighted by Gasteiger charge is -2.32. The van der Waals surface area contributed by atoms with Crippen LogP contribution in [-0.2, 0) is 11.4 Å². The molecule has 2 aromatic rings. The first-order chi connectivity index (χ1) is 11.4. The first kappa shape index (κ1) is 15.1. The van der Waals surface area contributed by atoms with E-state index in [4.69, 9.17) is 4.74 Å². The summed E-state index contributed by atoms with van der Waals surface area (Å²) in [4.78, 5) is 4.94. The second-order valence-electron chi connectivity index (χ2n) is 5.86. The van der Waals surface area contributed by atoms with Gasteiger partial charge in [-0.05, 0) is 0 Å². The molecule has 0 radical (unpaired) electrons. The molecular formula is C16H21N5OS. The van der Waals surface area contributed by atoms with Gasteiger partial charge in [-0.25, -0.2) is 0 Å². The zero-order valence-electron chi connectivity index (χ0n) is 13.1. The van der Waals surface area contributed by atoms with Crippen LogP contribution in [0.4, 0.5) is 0 Å². The average Bonchev–Trinajstić information content (AvgIpc) is 3.05. The second-order valence-corrected chi connectivity index (χ2v) is 6.78. The molecule has 1 saturated heterocycles. The fourth-order valence-corrected chi connectivity index (χ4v) is 3.86. The molecule has 0 unspecified atom stereocenters. The highest BCUT2D eigenvalue weighted by atomic mass is 32.2. The van der Waals surface area contributed by atoms with Gasteiger partial charge in [-0.15, -0.1) is 10.2 Å². The SMILES string of the molecule is c1ccc(-c2nnc3n2CN(CCN2CCOCC2)CS3)cc1. The Morgan fingerprint density at radius 2 is 1.78 bits per heavy atom. The van der Waals surface area contributed by atoms with Gasteiger partial charge in [0.15, 0.2) is 11.0 Å².